The summed E-state index contributed by atoms with van der Waals surface area (Å²) < 4.78 is 0. The molecule has 2 amide bonds. The van der Waals surface area contributed by atoms with E-state index in [1.54, 1.807) is 4.90 Å². The van der Waals surface area contributed by atoms with Gasteiger partial charge in [-0.15, -0.1) is 0 Å². The van der Waals surface area contributed by atoms with Gasteiger partial charge in [-0.1, -0.05) is 60.7 Å². The molecule has 6 rings (SSSR count). The number of carbonyl (C=O) groups is 2. The zero-order chi connectivity index (χ0) is 26.8. The maximum Gasteiger partial charge on any atom is 0.250 e. The Bertz CT molecular complexity index is 1320. The van der Waals surface area contributed by atoms with Crippen LogP contribution in [0.3, 0.4) is 0 Å². The van der Waals surface area contributed by atoms with Crippen LogP contribution in [0.2, 0.25) is 0 Å². The van der Waals surface area contributed by atoms with Crippen LogP contribution in [0.1, 0.15) is 44.1 Å². The monoisotopic (exact) mass is 525 g/mol. The van der Waals surface area contributed by atoms with E-state index in [-0.39, 0.29) is 30.4 Å². The van der Waals surface area contributed by atoms with E-state index in [9.17, 15) is 9.59 Å². The van der Waals surface area contributed by atoms with Crippen molar-refractivity contribution < 1.29 is 9.59 Å². The Hall–Kier alpha value is -3.42. The van der Waals surface area contributed by atoms with Gasteiger partial charge in [0.25, 0.3) is 0 Å². The number of amides is 2. The Kier molecular flexibility index (Phi) is 7.28. The van der Waals surface area contributed by atoms with Gasteiger partial charge in [-0.25, -0.2) is 0 Å². The molecule has 3 aromatic rings. The van der Waals surface area contributed by atoms with Crippen LogP contribution >= 0.6 is 0 Å². The van der Waals surface area contributed by atoms with Gasteiger partial charge < -0.3 is 20.9 Å². The molecule has 0 radical (unpaired) electrons. The molecule has 0 bridgehead atoms. The van der Waals surface area contributed by atoms with Crippen molar-refractivity contribution >= 4 is 28.3 Å². The molecular formula is C32H39N5O2. The largest absolute Gasteiger partial charge is 0.352 e. The number of piperidine rings is 1. The number of likely N-dealkylation sites (tertiary alicyclic amines) is 1. The molecular weight excluding hydrogens is 486 g/mol. The van der Waals surface area contributed by atoms with E-state index in [1.807, 2.05) is 18.2 Å². The highest BCUT2D eigenvalue weighted by molar-refractivity contribution is 5.96. The van der Waals surface area contributed by atoms with Gasteiger partial charge in [0.05, 0.1) is 6.67 Å². The molecule has 3 N–H and O–H groups in total. The topological polar surface area (TPSA) is 81.9 Å². The molecule has 2 saturated heterocycles. The molecule has 1 spiro atoms. The number of hydrogen-bond acceptors (Lipinski definition) is 5. The number of hydrogen-bond donors (Lipinski definition) is 2. The second kappa shape index (κ2) is 11.0. The van der Waals surface area contributed by atoms with Crippen LogP contribution in [0, 0.1) is 0 Å². The molecule has 1 saturated carbocycles. The second-order valence-corrected chi connectivity index (χ2v) is 11.5. The van der Waals surface area contributed by atoms with Crippen molar-refractivity contribution in [3.05, 3.63) is 78.4 Å². The summed E-state index contributed by atoms with van der Waals surface area (Å²) >= 11 is 0. The zero-order valence-corrected chi connectivity index (χ0v) is 22.6. The molecule has 7 heteroatoms. The fraction of sp³-hybridized carbons (Fsp3) is 0.438. The van der Waals surface area contributed by atoms with Crippen molar-refractivity contribution in [2.75, 3.05) is 31.2 Å². The number of anilines is 1. The molecule has 2 atom stereocenters. The normalized spacial score (nSPS) is 23.5. The van der Waals surface area contributed by atoms with Crippen LogP contribution in [0.4, 0.5) is 5.69 Å². The van der Waals surface area contributed by atoms with Crippen molar-refractivity contribution in [1.82, 2.24) is 15.1 Å². The number of nitrogens with two attached hydrogens (primary N) is 1. The third kappa shape index (κ3) is 5.25. The molecule has 2 aliphatic heterocycles. The zero-order valence-electron chi connectivity index (χ0n) is 22.6. The highest BCUT2D eigenvalue weighted by Gasteiger charge is 2.54. The van der Waals surface area contributed by atoms with Crippen molar-refractivity contribution in [2.24, 2.45) is 5.73 Å². The lowest BCUT2D eigenvalue weighted by Crippen LogP contribution is -2.56. The van der Waals surface area contributed by atoms with Crippen LogP contribution < -0.4 is 16.0 Å². The van der Waals surface area contributed by atoms with Gasteiger partial charge in [-0.2, -0.15) is 0 Å². The predicted molar refractivity (Wildman–Crippen MR) is 155 cm³/mol. The van der Waals surface area contributed by atoms with Crippen LogP contribution in [-0.2, 0) is 16.1 Å². The Morgan fingerprint density at radius 3 is 2.49 bits per heavy atom. The summed E-state index contributed by atoms with van der Waals surface area (Å²) in [7, 11) is 0. The Labute approximate surface area is 230 Å². The fourth-order valence-electron chi connectivity index (χ4n) is 6.88. The molecule has 0 unspecified atom stereocenters. The summed E-state index contributed by atoms with van der Waals surface area (Å²) in [6, 6.07) is 25.5. The lowest BCUT2D eigenvalue weighted by atomic mass is 9.85. The smallest absolute Gasteiger partial charge is 0.250 e. The van der Waals surface area contributed by atoms with Crippen molar-refractivity contribution in [3.63, 3.8) is 0 Å². The van der Waals surface area contributed by atoms with E-state index >= 15 is 0 Å². The lowest BCUT2D eigenvalue weighted by Gasteiger charge is -2.43. The summed E-state index contributed by atoms with van der Waals surface area (Å²) in [5.41, 5.74) is 7.86. The summed E-state index contributed by atoms with van der Waals surface area (Å²) in [4.78, 5) is 33.5. The molecule has 3 fully saturated rings. The first-order valence-electron chi connectivity index (χ1n) is 14.4. The minimum atomic E-state index is -0.621. The van der Waals surface area contributed by atoms with Crippen LogP contribution in [0.15, 0.2) is 72.8 Å². The Morgan fingerprint density at radius 1 is 0.949 bits per heavy atom. The highest BCUT2D eigenvalue weighted by Crippen LogP contribution is 2.40. The quantitative estimate of drug-likeness (QED) is 0.511. The molecule has 39 heavy (non-hydrogen) atoms. The van der Waals surface area contributed by atoms with Crippen LogP contribution in [-0.4, -0.2) is 65.5 Å². The fourth-order valence-corrected chi connectivity index (χ4v) is 6.88. The molecule has 2 heterocycles. The SMILES string of the molecule is N[C@H]1CCC[C@H](NC(=O)CN2CN(c3ccccc3)C3(CCN(Cc4cccc5ccccc45)CC3)C2=O)C1. The number of para-hydroxylation sites is 1. The average molecular weight is 526 g/mol. The van der Waals surface area contributed by atoms with Gasteiger partial charge in [-0.3, -0.25) is 14.5 Å². The Balaban J connectivity index is 1.17. The van der Waals surface area contributed by atoms with E-state index in [0.717, 1.165) is 63.8 Å². The first-order chi connectivity index (χ1) is 19.0. The van der Waals surface area contributed by atoms with E-state index < -0.39 is 5.54 Å². The lowest BCUT2D eigenvalue weighted by molar-refractivity contribution is -0.137. The maximum atomic E-state index is 14.1. The standard InChI is InChI=1S/C32H39N5O2/c33-26-11-7-12-27(20-26)34-30(38)22-36-23-37(28-13-2-1-3-14-28)32(31(36)39)16-18-35(19-17-32)21-25-10-6-9-24-8-4-5-15-29(24)25/h1-6,8-10,13-15,26-27H,7,11-12,16-23,33H2,(H,34,38)/t26-,27-/m0/s1. The maximum absolute atomic E-state index is 14.1. The minimum absolute atomic E-state index is 0.0756. The first kappa shape index (κ1) is 25.8. The highest BCUT2D eigenvalue weighted by atomic mass is 16.2. The molecule has 0 aromatic heterocycles. The number of carbonyl (C=O) groups excluding carboxylic acids is 2. The van der Waals surface area contributed by atoms with Gasteiger partial charge in [0, 0.05) is 37.4 Å². The first-order valence-corrected chi connectivity index (χ1v) is 14.4. The molecule has 204 valence electrons. The van der Waals surface area contributed by atoms with Gasteiger partial charge in [0.15, 0.2) is 0 Å². The molecule has 7 nitrogen and oxygen atoms in total. The summed E-state index contributed by atoms with van der Waals surface area (Å²) in [6.07, 6.45) is 5.30. The van der Waals surface area contributed by atoms with Crippen LogP contribution in [0.5, 0.6) is 0 Å². The number of benzene rings is 3. The van der Waals surface area contributed by atoms with Crippen molar-refractivity contribution in [3.8, 4) is 0 Å². The van der Waals surface area contributed by atoms with E-state index in [4.69, 9.17) is 5.73 Å². The third-order valence-corrected chi connectivity index (χ3v) is 8.95. The van der Waals surface area contributed by atoms with Gasteiger partial charge >= 0.3 is 0 Å². The van der Waals surface area contributed by atoms with Crippen LogP contribution in [0.25, 0.3) is 10.8 Å². The van der Waals surface area contributed by atoms with Gasteiger partial charge in [0.1, 0.15) is 12.1 Å². The second-order valence-electron chi connectivity index (χ2n) is 11.5. The number of nitrogens with zero attached hydrogens (tertiary/aromatic N) is 3. The molecule has 1 aliphatic carbocycles. The summed E-state index contributed by atoms with van der Waals surface area (Å²) in [6.45, 7) is 3.06. The minimum Gasteiger partial charge on any atom is -0.352 e. The van der Waals surface area contributed by atoms with Gasteiger partial charge in [-0.05, 0) is 67.0 Å². The predicted octanol–water partition coefficient (Wildman–Crippen LogP) is 3.87. The van der Waals surface area contributed by atoms with E-state index in [0.29, 0.717) is 6.67 Å². The van der Waals surface area contributed by atoms with Gasteiger partial charge in [0.2, 0.25) is 11.8 Å². The Morgan fingerprint density at radius 2 is 1.69 bits per heavy atom. The molecule has 3 aromatic carbocycles. The summed E-state index contributed by atoms with van der Waals surface area (Å²) in [5, 5.41) is 5.70. The number of rotatable bonds is 6. The number of nitrogens with one attached hydrogen (secondary N) is 1. The average Bonchev–Trinajstić information content (AvgIpc) is 3.21. The third-order valence-electron chi connectivity index (χ3n) is 8.95. The van der Waals surface area contributed by atoms with E-state index in [1.165, 1.54) is 16.3 Å². The summed E-state index contributed by atoms with van der Waals surface area (Å²) in [5.74, 6) is -0.00689. The number of fused-ring (bicyclic) bond motifs is 1. The van der Waals surface area contributed by atoms with Crippen molar-refractivity contribution in [2.45, 2.75) is 62.7 Å². The van der Waals surface area contributed by atoms with E-state index in [2.05, 4.69) is 69.7 Å². The van der Waals surface area contributed by atoms with Crippen molar-refractivity contribution in [1.29, 1.82) is 0 Å². The molecule has 3 aliphatic rings.